The van der Waals surface area contributed by atoms with Crippen LogP contribution in [0.25, 0.3) is 0 Å². The molecule has 2 fully saturated rings. The van der Waals surface area contributed by atoms with Crippen molar-refractivity contribution >= 4 is 6.03 Å². The SMILES string of the molecule is CN(CC1CC(O)C1)C(=O)NC1CC1. The summed E-state index contributed by atoms with van der Waals surface area (Å²) in [6.07, 6.45) is 3.82. The lowest BCUT2D eigenvalue weighted by atomic mass is 9.82. The second kappa shape index (κ2) is 3.77. The van der Waals surface area contributed by atoms with Crippen molar-refractivity contribution in [2.24, 2.45) is 5.92 Å². The molecule has 0 unspecified atom stereocenters. The van der Waals surface area contributed by atoms with Gasteiger partial charge in [-0.05, 0) is 31.6 Å². The third-order valence-electron chi connectivity index (χ3n) is 2.99. The summed E-state index contributed by atoms with van der Waals surface area (Å²) in [6.45, 7) is 0.773. The fourth-order valence-corrected chi connectivity index (χ4v) is 1.83. The first kappa shape index (κ1) is 9.77. The molecule has 2 aliphatic carbocycles. The van der Waals surface area contributed by atoms with E-state index in [2.05, 4.69) is 5.32 Å². The summed E-state index contributed by atoms with van der Waals surface area (Å²) >= 11 is 0. The second-order valence-corrected chi connectivity index (χ2v) is 4.60. The van der Waals surface area contributed by atoms with Crippen molar-refractivity contribution in [3.8, 4) is 0 Å². The minimum atomic E-state index is -0.125. The van der Waals surface area contributed by atoms with Crippen LogP contribution < -0.4 is 5.32 Å². The van der Waals surface area contributed by atoms with Gasteiger partial charge >= 0.3 is 6.03 Å². The molecule has 80 valence electrons. The van der Waals surface area contributed by atoms with Crippen molar-refractivity contribution in [2.45, 2.75) is 37.8 Å². The molecule has 4 heteroatoms. The molecule has 4 nitrogen and oxygen atoms in total. The molecule has 0 saturated heterocycles. The van der Waals surface area contributed by atoms with E-state index in [4.69, 9.17) is 5.11 Å². The van der Waals surface area contributed by atoms with Crippen LogP contribution in [-0.4, -0.2) is 41.8 Å². The molecule has 2 rings (SSSR count). The van der Waals surface area contributed by atoms with Crippen LogP contribution >= 0.6 is 0 Å². The lowest BCUT2D eigenvalue weighted by Crippen LogP contribution is -2.44. The zero-order valence-corrected chi connectivity index (χ0v) is 8.57. The summed E-state index contributed by atoms with van der Waals surface area (Å²) in [5.41, 5.74) is 0. The molecule has 0 aromatic carbocycles. The largest absolute Gasteiger partial charge is 0.393 e. The number of nitrogens with zero attached hydrogens (tertiary/aromatic N) is 1. The van der Waals surface area contributed by atoms with Crippen LogP contribution in [0.2, 0.25) is 0 Å². The Morgan fingerprint density at radius 1 is 1.50 bits per heavy atom. The van der Waals surface area contributed by atoms with Crippen molar-refractivity contribution in [3.63, 3.8) is 0 Å². The molecule has 0 heterocycles. The monoisotopic (exact) mass is 198 g/mol. The third-order valence-corrected chi connectivity index (χ3v) is 2.99. The van der Waals surface area contributed by atoms with E-state index in [1.165, 1.54) is 0 Å². The quantitative estimate of drug-likeness (QED) is 0.696. The first-order valence-corrected chi connectivity index (χ1v) is 5.35. The van der Waals surface area contributed by atoms with E-state index in [-0.39, 0.29) is 12.1 Å². The molecular formula is C10H18N2O2. The van der Waals surface area contributed by atoms with Crippen LogP contribution in [0.4, 0.5) is 4.79 Å². The number of aliphatic hydroxyl groups is 1. The Kier molecular flexibility index (Phi) is 2.63. The molecule has 14 heavy (non-hydrogen) atoms. The van der Waals surface area contributed by atoms with Gasteiger partial charge in [-0.1, -0.05) is 0 Å². The molecule has 0 radical (unpaired) electrons. The van der Waals surface area contributed by atoms with E-state index in [1.807, 2.05) is 7.05 Å². The Hall–Kier alpha value is -0.770. The van der Waals surface area contributed by atoms with Crippen molar-refractivity contribution in [2.75, 3.05) is 13.6 Å². The molecule has 2 aliphatic rings. The van der Waals surface area contributed by atoms with E-state index in [1.54, 1.807) is 4.90 Å². The standard InChI is InChI=1S/C10H18N2O2/c1-12(6-7-4-9(13)5-7)10(14)11-8-2-3-8/h7-9,13H,2-6H2,1H3,(H,11,14). The highest BCUT2D eigenvalue weighted by molar-refractivity contribution is 5.74. The summed E-state index contributed by atoms with van der Waals surface area (Å²) in [4.78, 5) is 13.2. The maximum absolute atomic E-state index is 11.5. The lowest BCUT2D eigenvalue weighted by molar-refractivity contribution is 0.0325. The van der Waals surface area contributed by atoms with Crippen LogP contribution in [-0.2, 0) is 0 Å². The van der Waals surface area contributed by atoms with Crippen LogP contribution in [0.1, 0.15) is 25.7 Å². The number of rotatable bonds is 3. The van der Waals surface area contributed by atoms with Gasteiger partial charge in [0.25, 0.3) is 0 Å². The van der Waals surface area contributed by atoms with Gasteiger partial charge in [-0.25, -0.2) is 4.79 Å². The minimum absolute atomic E-state index is 0.0360. The molecule has 2 amide bonds. The van der Waals surface area contributed by atoms with Gasteiger partial charge in [0.05, 0.1) is 6.10 Å². The van der Waals surface area contributed by atoms with Gasteiger partial charge < -0.3 is 15.3 Å². The number of hydrogen-bond donors (Lipinski definition) is 2. The molecular weight excluding hydrogens is 180 g/mol. The summed E-state index contributed by atoms with van der Waals surface area (Å²) in [6, 6.07) is 0.464. The normalized spacial score (nSPS) is 30.7. The second-order valence-electron chi connectivity index (χ2n) is 4.60. The number of carbonyl (C=O) groups is 1. The summed E-state index contributed by atoms with van der Waals surface area (Å²) < 4.78 is 0. The first-order valence-electron chi connectivity index (χ1n) is 5.35. The minimum Gasteiger partial charge on any atom is -0.393 e. The lowest BCUT2D eigenvalue weighted by Gasteiger charge is -2.34. The van der Waals surface area contributed by atoms with E-state index in [0.29, 0.717) is 12.0 Å². The highest BCUT2D eigenvalue weighted by Crippen LogP contribution is 2.27. The van der Waals surface area contributed by atoms with Gasteiger partial charge in [0, 0.05) is 19.6 Å². The Bertz CT molecular complexity index is 222. The first-order chi connectivity index (χ1) is 6.65. The fourth-order valence-electron chi connectivity index (χ4n) is 1.83. The van der Waals surface area contributed by atoms with Gasteiger partial charge in [0.1, 0.15) is 0 Å². The Balaban J connectivity index is 1.66. The predicted octanol–water partition coefficient (Wildman–Crippen LogP) is 0.561. The zero-order chi connectivity index (χ0) is 10.1. The summed E-state index contributed by atoms with van der Waals surface area (Å²) in [7, 11) is 1.82. The summed E-state index contributed by atoms with van der Waals surface area (Å²) in [5, 5.41) is 12.0. The average molecular weight is 198 g/mol. The molecule has 2 N–H and O–H groups in total. The number of nitrogens with one attached hydrogen (secondary N) is 1. The van der Waals surface area contributed by atoms with Crippen LogP contribution in [0, 0.1) is 5.92 Å². The van der Waals surface area contributed by atoms with Gasteiger partial charge in [-0.2, -0.15) is 0 Å². The maximum Gasteiger partial charge on any atom is 0.317 e. The molecule has 0 atom stereocenters. The topological polar surface area (TPSA) is 52.6 Å². The highest BCUT2D eigenvalue weighted by atomic mass is 16.3. The van der Waals surface area contributed by atoms with Crippen molar-refractivity contribution in [1.82, 2.24) is 10.2 Å². The van der Waals surface area contributed by atoms with E-state index in [9.17, 15) is 4.79 Å². The molecule has 0 aromatic rings. The molecule has 0 spiro atoms. The van der Waals surface area contributed by atoms with Gasteiger partial charge in [0.2, 0.25) is 0 Å². The van der Waals surface area contributed by atoms with E-state index in [0.717, 1.165) is 32.2 Å². The molecule has 2 saturated carbocycles. The maximum atomic E-state index is 11.5. The van der Waals surface area contributed by atoms with Crippen LogP contribution in [0.5, 0.6) is 0 Å². The predicted molar refractivity (Wildman–Crippen MR) is 52.9 cm³/mol. The number of aliphatic hydroxyl groups excluding tert-OH is 1. The van der Waals surface area contributed by atoms with Crippen molar-refractivity contribution in [3.05, 3.63) is 0 Å². The number of carbonyl (C=O) groups excluding carboxylic acids is 1. The number of urea groups is 1. The van der Waals surface area contributed by atoms with Gasteiger partial charge in [-0.15, -0.1) is 0 Å². The van der Waals surface area contributed by atoms with E-state index >= 15 is 0 Å². The Morgan fingerprint density at radius 2 is 2.14 bits per heavy atom. The Morgan fingerprint density at radius 3 is 2.64 bits per heavy atom. The van der Waals surface area contributed by atoms with Gasteiger partial charge in [-0.3, -0.25) is 0 Å². The van der Waals surface area contributed by atoms with Crippen LogP contribution in [0.15, 0.2) is 0 Å². The fraction of sp³-hybridized carbons (Fsp3) is 0.900. The van der Waals surface area contributed by atoms with Crippen molar-refractivity contribution in [1.29, 1.82) is 0 Å². The van der Waals surface area contributed by atoms with Gasteiger partial charge in [0.15, 0.2) is 0 Å². The molecule has 0 bridgehead atoms. The smallest absolute Gasteiger partial charge is 0.317 e. The average Bonchev–Trinajstić information content (AvgIpc) is 2.85. The van der Waals surface area contributed by atoms with Crippen LogP contribution in [0.3, 0.4) is 0 Å². The molecule has 0 aromatic heterocycles. The zero-order valence-electron chi connectivity index (χ0n) is 8.57. The van der Waals surface area contributed by atoms with Crippen molar-refractivity contribution < 1.29 is 9.90 Å². The van der Waals surface area contributed by atoms with E-state index < -0.39 is 0 Å². The molecule has 0 aliphatic heterocycles. The number of amides is 2. The third kappa shape index (κ3) is 2.38. The number of hydrogen-bond acceptors (Lipinski definition) is 2. The highest BCUT2D eigenvalue weighted by Gasteiger charge is 2.30. The summed E-state index contributed by atoms with van der Waals surface area (Å²) in [5.74, 6) is 0.500. The Labute approximate surface area is 84.3 Å².